The summed E-state index contributed by atoms with van der Waals surface area (Å²) in [5.41, 5.74) is 10.4. The predicted octanol–water partition coefficient (Wildman–Crippen LogP) is 3.12. The molecule has 1 saturated heterocycles. The standard InChI is InChI=1S/C29H41N5O4/c1-5-21-12-13-22-18-31-24(17-23(22)16-21)10-7-6-8-15-38-26(19(2)3)28(36)32-20(4)29(37)34-14-9-11-25(33-34)27(30)35/h7,10,12-13,16-20,25-26,33H,5-6,8-9,11,14-15H2,1-4H3,(H2,30,35)(H,32,36)/b10-7+/t20-,25-,26?/m0/s1. The Kier molecular flexibility index (Phi) is 10.8. The van der Waals surface area contributed by atoms with Gasteiger partial charge in [0.2, 0.25) is 11.8 Å². The number of nitrogens with zero attached hydrogens (tertiary/aromatic N) is 2. The number of amides is 3. The monoisotopic (exact) mass is 523 g/mol. The molecule has 0 radical (unpaired) electrons. The number of nitrogens with one attached hydrogen (secondary N) is 2. The second kappa shape index (κ2) is 14.0. The van der Waals surface area contributed by atoms with Gasteiger partial charge < -0.3 is 15.8 Å². The Labute approximate surface area is 225 Å². The molecule has 206 valence electrons. The molecule has 2 heterocycles. The van der Waals surface area contributed by atoms with Crippen LogP contribution in [0.2, 0.25) is 0 Å². The number of aromatic nitrogens is 1. The number of rotatable bonds is 12. The van der Waals surface area contributed by atoms with Gasteiger partial charge in [-0.05, 0) is 68.0 Å². The first-order valence-electron chi connectivity index (χ1n) is 13.5. The van der Waals surface area contributed by atoms with Crippen LogP contribution in [0.1, 0.15) is 64.6 Å². The maximum Gasteiger partial charge on any atom is 0.258 e. The number of hydrogen-bond donors (Lipinski definition) is 3. The van der Waals surface area contributed by atoms with Crippen LogP contribution in [0.15, 0.2) is 36.5 Å². The SMILES string of the molecule is CCc1ccc2cnc(/C=C/CCCOC(C(=O)N[C@@H](C)C(=O)N3CCC[C@@H](C(N)=O)N3)C(C)C)cc2c1. The van der Waals surface area contributed by atoms with Crippen LogP contribution in [0.5, 0.6) is 0 Å². The van der Waals surface area contributed by atoms with Gasteiger partial charge >= 0.3 is 0 Å². The fourth-order valence-electron chi connectivity index (χ4n) is 4.45. The van der Waals surface area contributed by atoms with Gasteiger partial charge in [0.25, 0.3) is 5.91 Å². The van der Waals surface area contributed by atoms with Gasteiger partial charge in [-0.2, -0.15) is 0 Å². The molecule has 0 bridgehead atoms. The molecular weight excluding hydrogens is 482 g/mol. The summed E-state index contributed by atoms with van der Waals surface area (Å²) < 4.78 is 5.91. The lowest BCUT2D eigenvalue weighted by Crippen LogP contribution is -2.60. The number of benzene rings is 1. The van der Waals surface area contributed by atoms with Gasteiger partial charge in [0.15, 0.2) is 0 Å². The van der Waals surface area contributed by atoms with Crippen molar-refractivity contribution in [2.24, 2.45) is 11.7 Å². The molecule has 0 spiro atoms. The lowest BCUT2D eigenvalue weighted by atomic mass is 10.1. The van der Waals surface area contributed by atoms with Crippen LogP contribution in [-0.4, -0.2) is 59.1 Å². The van der Waals surface area contributed by atoms with Gasteiger partial charge in [0.05, 0.1) is 5.69 Å². The van der Waals surface area contributed by atoms with Crippen molar-refractivity contribution in [2.45, 2.75) is 78.0 Å². The molecule has 1 aliphatic rings. The Bertz CT molecular complexity index is 1150. The van der Waals surface area contributed by atoms with Gasteiger partial charge in [0, 0.05) is 24.7 Å². The van der Waals surface area contributed by atoms with E-state index in [0.717, 1.165) is 30.3 Å². The fourth-order valence-corrected chi connectivity index (χ4v) is 4.45. The van der Waals surface area contributed by atoms with E-state index in [2.05, 4.69) is 53.0 Å². The minimum atomic E-state index is -0.766. The molecule has 0 aliphatic carbocycles. The van der Waals surface area contributed by atoms with E-state index in [1.54, 1.807) is 6.92 Å². The van der Waals surface area contributed by atoms with Crippen LogP contribution in [0.3, 0.4) is 0 Å². The molecule has 1 fully saturated rings. The normalized spacial score (nSPS) is 17.6. The highest BCUT2D eigenvalue weighted by atomic mass is 16.5. The highest BCUT2D eigenvalue weighted by Gasteiger charge is 2.31. The van der Waals surface area contributed by atoms with E-state index in [1.165, 1.54) is 16.0 Å². The number of fused-ring (bicyclic) bond motifs is 1. The molecule has 9 nitrogen and oxygen atoms in total. The number of hydrazine groups is 1. The lowest BCUT2D eigenvalue weighted by Gasteiger charge is -2.34. The van der Waals surface area contributed by atoms with Crippen molar-refractivity contribution in [1.82, 2.24) is 20.7 Å². The summed E-state index contributed by atoms with van der Waals surface area (Å²) in [5, 5.41) is 6.45. The predicted molar refractivity (Wildman–Crippen MR) is 149 cm³/mol. The van der Waals surface area contributed by atoms with Crippen molar-refractivity contribution >= 4 is 34.6 Å². The smallest absolute Gasteiger partial charge is 0.258 e. The van der Waals surface area contributed by atoms with E-state index in [1.807, 2.05) is 26.1 Å². The number of hydrogen-bond acceptors (Lipinski definition) is 6. The number of nitrogens with two attached hydrogens (primary N) is 1. The van der Waals surface area contributed by atoms with Crippen LogP contribution in [0.4, 0.5) is 0 Å². The Balaban J connectivity index is 1.45. The van der Waals surface area contributed by atoms with E-state index in [0.29, 0.717) is 26.0 Å². The first-order valence-corrected chi connectivity index (χ1v) is 13.5. The van der Waals surface area contributed by atoms with Crippen LogP contribution >= 0.6 is 0 Å². The number of pyridine rings is 1. The summed E-state index contributed by atoms with van der Waals surface area (Å²) in [6.07, 6.45) is 9.09. The van der Waals surface area contributed by atoms with Crippen molar-refractivity contribution in [2.75, 3.05) is 13.2 Å². The molecule has 9 heteroatoms. The lowest BCUT2D eigenvalue weighted by molar-refractivity contribution is -0.145. The third-order valence-corrected chi connectivity index (χ3v) is 6.71. The highest BCUT2D eigenvalue weighted by Crippen LogP contribution is 2.18. The Morgan fingerprint density at radius 1 is 1.24 bits per heavy atom. The number of carbonyl (C=O) groups excluding carboxylic acids is 3. The molecule has 3 rings (SSSR count). The first-order chi connectivity index (χ1) is 18.2. The molecule has 2 aromatic rings. The molecule has 4 N–H and O–H groups in total. The average molecular weight is 524 g/mol. The minimum absolute atomic E-state index is 0.0602. The number of primary amides is 1. The quantitative estimate of drug-likeness (QED) is 0.367. The van der Waals surface area contributed by atoms with Gasteiger partial charge in [-0.25, -0.2) is 5.43 Å². The molecular formula is C29H41N5O4. The Hall–Kier alpha value is -3.30. The van der Waals surface area contributed by atoms with Crippen molar-refractivity contribution in [1.29, 1.82) is 0 Å². The number of unbranched alkanes of at least 4 members (excludes halogenated alkanes) is 1. The Morgan fingerprint density at radius 2 is 2.03 bits per heavy atom. The molecule has 0 saturated carbocycles. The van der Waals surface area contributed by atoms with Crippen LogP contribution in [-0.2, 0) is 25.5 Å². The molecule has 1 aliphatic heterocycles. The summed E-state index contributed by atoms with van der Waals surface area (Å²) >= 11 is 0. The van der Waals surface area contributed by atoms with E-state index >= 15 is 0 Å². The topological polar surface area (TPSA) is 127 Å². The maximum atomic E-state index is 12.9. The molecule has 3 atom stereocenters. The van der Waals surface area contributed by atoms with E-state index < -0.39 is 24.1 Å². The van der Waals surface area contributed by atoms with Crippen molar-refractivity contribution in [3.8, 4) is 0 Å². The summed E-state index contributed by atoms with van der Waals surface area (Å²) in [5.74, 6) is -1.20. The molecule has 1 aromatic carbocycles. The van der Waals surface area contributed by atoms with Crippen molar-refractivity contribution in [3.05, 3.63) is 47.8 Å². The zero-order chi connectivity index (χ0) is 27.7. The van der Waals surface area contributed by atoms with Gasteiger partial charge in [-0.1, -0.05) is 45.0 Å². The van der Waals surface area contributed by atoms with Gasteiger partial charge in [0.1, 0.15) is 18.2 Å². The van der Waals surface area contributed by atoms with Gasteiger partial charge in [-0.15, -0.1) is 0 Å². The zero-order valence-corrected chi connectivity index (χ0v) is 22.9. The Morgan fingerprint density at radius 3 is 2.74 bits per heavy atom. The van der Waals surface area contributed by atoms with E-state index in [4.69, 9.17) is 10.5 Å². The second-order valence-corrected chi connectivity index (χ2v) is 10.2. The van der Waals surface area contributed by atoms with Crippen LogP contribution < -0.4 is 16.5 Å². The number of ether oxygens (including phenoxy) is 1. The number of allylic oxidation sites excluding steroid dienone is 1. The summed E-state index contributed by atoms with van der Waals surface area (Å²) in [7, 11) is 0. The number of aryl methyl sites for hydroxylation is 1. The maximum absolute atomic E-state index is 12.9. The first kappa shape index (κ1) is 29.3. The zero-order valence-electron chi connectivity index (χ0n) is 22.9. The molecule has 1 aromatic heterocycles. The summed E-state index contributed by atoms with van der Waals surface area (Å²) in [4.78, 5) is 41.7. The van der Waals surface area contributed by atoms with E-state index in [9.17, 15) is 14.4 Å². The highest BCUT2D eigenvalue weighted by molar-refractivity contribution is 5.89. The third kappa shape index (κ3) is 8.10. The van der Waals surface area contributed by atoms with E-state index in [-0.39, 0.29) is 17.7 Å². The van der Waals surface area contributed by atoms with Crippen LogP contribution in [0.25, 0.3) is 16.8 Å². The van der Waals surface area contributed by atoms with Gasteiger partial charge in [-0.3, -0.25) is 24.4 Å². The number of carbonyl (C=O) groups is 3. The van der Waals surface area contributed by atoms with Crippen molar-refractivity contribution < 1.29 is 19.1 Å². The van der Waals surface area contributed by atoms with Crippen LogP contribution in [0, 0.1) is 5.92 Å². The average Bonchev–Trinajstić information content (AvgIpc) is 2.91. The third-order valence-electron chi connectivity index (χ3n) is 6.71. The summed E-state index contributed by atoms with van der Waals surface area (Å²) in [6, 6.07) is 7.19. The largest absolute Gasteiger partial charge is 0.368 e. The molecule has 38 heavy (non-hydrogen) atoms. The molecule has 3 amide bonds. The van der Waals surface area contributed by atoms with Crippen molar-refractivity contribution in [3.63, 3.8) is 0 Å². The minimum Gasteiger partial charge on any atom is -0.368 e. The second-order valence-electron chi connectivity index (χ2n) is 10.2. The molecule has 1 unspecified atom stereocenters. The summed E-state index contributed by atoms with van der Waals surface area (Å²) in [6.45, 7) is 8.47. The fraction of sp³-hybridized carbons (Fsp3) is 0.517.